The Bertz CT molecular complexity index is 841. The minimum atomic E-state index is 0. The normalized spacial score (nSPS) is 14.2. The summed E-state index contributed by atoms with van der Waals surface area (Å²) >= 11 is 0. The molecule has 3 aromatic rings. The SMILES string of the molecule is C1=C(c2cc3ccccc3c(-c3ccccc3)n2)CNCC1.Cl. The lowest BCUT2D eigenvalue weighted by Crippen LogP contribution is -2.21. The van der Waals surface area contributed by atoms with Gasteiger partial charge in [0, 0.05) is 17.5 Å². The Kier molecular flexibility index (Phi) is 4.75. The second kappa shape index (κ2) is 6.95. The van der Waals surface area contributed by atoms with Crippen LogP contribution in [0.25, 0.3) is 27.6 Å². The van der Waals surface area contributed by atoms with Gasteiger partial charge < -0.3 is 5.32 Å². The van der Waals surface area contributed by atoms with Crippen LogP contribution in [0.3, 0.4) is 0 Å². The van der Waals surface area contributed by atoms with E-state index in [-0.39, 0.29) is 12.4 Å². The number of hydrogen-bond acceptors (Lipinski definition) is 2. The van der Waals surface area contributed by atoms with Gasteiger partial charge in [0.05, 0.1) is 11.4 Å². The molecule has 0 unspecified atom stereocenters. The van der Waals surface area contributed by atoms with E-state index in [0.717, 1.165) is 30.9 Å². The van der Waals surface area contributed by atoms with Gasteiger partial charge in [-0.3, -0.25) is 0 Å². The third-order valence-corrected chi connectivity index (χ3v) is 4.14. The van der Waals surface area contributed by atoms with Crippen LogP contribution in [-0.4, -0.2) is 18.1 Å². The molecule has 2 aromatic carbocycles. The number of nitrogens with zero attached hydrogens (tertiary/aromatic N) is 1. The number of nitrogens with one attached hydrogen (secondary N) is 1. The fourth-order valence-corrected chi connectivity index (χ4v) is 3.02. The molecule has 0 amide bonds. The molecule has 23 heavy (non-hydrogen) atoms. The molecule has 3 heteroatoms. The molecule has 0 radical (unpaired) electrons. The van der Waals surface area contributed by atoms with E-state index in [0.29, 0.717) is 0 Å². The lowest BCUT2D eigenvalue weighted by molar-refractivity contribution is 0.737. The number of fused-ring (bicyclic) bond motifs is 1. The zero-order valence-corrected chi connectivity index (χ0v) is 13.6. The van der Waals surface area contributed by atoms with Crippen molar-refractivity contribution in [2.75, 3.05) is 13.1 Å². The first-order chi connectivity index (χ1) is 10.9. The third-order valence-electron chi connectivity index (χ3n) is 4.14. The number of benzene rings is 2. The van der Waals surface area contributed by atoms with Gasteiger partial charge in [0.1, 0.15) is 0 Å². The molecule has 1 aliphatic heterocycles. The van der Waals surface area contributed by atoms with Gasteiger partial charge in [-0.1, -0.05) is 60.7 Å². The van der Waals surface area contributed by atoms with Gasteiger partial charge in [-0.05, 0) is 30.0 Å². The molecule has 1 N–H and O–H groups in total. The summed E-state index contributed by atoms with van der Waals surface area (Å²) in [5.74, 6) is 0. The zero-order valence-electron chi connectivity index (χ0n) is 12.8. The Labute approximate surface area is 142 Å². The highest BCUT2D eigenvalue weighted by Gasteiger charge is 2.12. The Balaban J connectivity index is 0.00000156. The highest BCUT2D eigenvalue weighted by Crippen LogP contribution is 2.29. The predicted octanol–water partition coefficient (Wildman–Crippen LogP) is 4.70. The second-order valence-corrected chi connectivity index (χ2v) is 5.64. The number of aromatic nitrogens is 1. The minimum absolute atomic E-state index is 0. The first kappa shape index (κ1) is 15.7. The quantitative estimate of drug-likeness (QED) is 0.739. The largest absolute Gasteiger partial charge is 0.312 e. The average molecular weight is 323 g/mol. The molecule has 116 valence electrons. The van der Waals surface area contributed by atoms with E-state index in [2.05, 4.69) is 66.0 Å². The van der Waals surface area contributed by atoms with E-state index in [9.17, 15) is 0 Å². The van der Waals surface area contributed by atoms with Crippen LogP contribution < -0.4 is 5.32 Å². The van der Waals surface area contributed by atoms with Gasteiger partial charge in [0.2, 0.25) is 0 Å². The molecule has 2 heterocycles. The summed E-state index contributed by atoms with van der Waals surface area (Å²) in [4.78, 5) is 4.99. The number of rotatable bonds is 2. The van der Waals surface area contributed by atoms with Crippen LogP contribution in [0.1, 0.15) is 12.1 Å². The van der Waals surface area contributed by atoms with Crippen LogP contribution in [0.5, 0.6) is 0 Å². The van der Waals surface area contributed by atoms with Crippen molar-refractivity contribution in [2.45, 2.75) is 6.42 Å². The topological polar surface area (TPSA) is 24.9 Å². The van der Waals surface area contributed by atoms with Crippen molar-refractivity contribution in [3.8, 4) is 11.3 Å². The standard InChI is InChI=1S/C20H18N2.ClH/c1-2-7-15(8-3-1)20-18-11-5-4-9-16(18)13-19(22-20)17-10-6-12-21-14-17;/h1-5,7-11,13,21H,6,12,14H2;1H. The zero-order chi connectivity index (χ0) is 14.8. The van der Waals surface area contributed by atoms with Gasteiger partial charge in [0.25, 0.3) is 0 Å². The van der Waals surface area contributed by atoms with E-state index < -0.39 is 0 Å². The van der Waals surface area contributed by atoms with E-state index in [1.54, 1.807) is 0 Å². The highest BCUT2D eigenvalue weighted by molar-refractivity contribution is 5.96. The van der Waals surface area contributed by atoms with E-state index in [1.807, 2.05) is 6.07 Å². The van der Waals surface area contributed by atoms with Crippen molar-refractivity contribution in [1.82, 2.24) is 10.3 Å². The van der Waals surface area contributed by atoms with Gasteiger partial charge in [0.15, 0.2) is 0 Å². The fourth-order valence-electron chi connectivity index (χ4n) is 3.02. The van der Waals surface area contributed by atoms with Crippen molar-refractivity contribution in [3.63, 3.8) is 0 Å². The molecule has 1 aromatic heterocycles. The summed E-state index contributed by atoms with van der Waals surface area (Å²) in [6.07, 6.45) is 3.38. The molecule has 0 spiro atoms. The molecule has 1 aliphatic rings. The van der Waals surface area contributed by atoms with E-state index in [4.69, 9.17) is 4.98 Å². The monoisotopic (exact) mass is 322 g/mol. The third kappa shape index (κ3) is 3.14. The summed E-state index contributed by atoms with van der Waals surface area (Å²) in [5.41, 5.74) is 4.63. The summed E-state index contributed by atoms with van der Waals surface area (Å²) in [7, 11) is 0. The van der Waals surface area contributed by atoms with Crippen molar-refractivity contribution >= 4 is 28.8 Å². The second-order valence-electron chi connectivity index (χ2n) is 5.64. The van der Waals surface area contributed by atoms with Crippen molar-refractivity contribution in [1.29, 1.82) is 0 Å². The Morgan fingerprint density at radius 3 is 2.48 bits per heavy atom. The minimum Gasteiger partial charge on any atom is -0.312 e. The predicted molar refractivity (Wildman–Crippen MR) is 99.9 cm³/mol. The first-order valence-corrected chi connectivity index (χ1v) is 7.77. The van der Waals surface area contributed by atoms with Gasteiger partial charge in [-0.2, -0.15) is 0 Å². The Morgan fingerprint density at radius 2 is 1.70 bits per heavy atom. The lowest BCUT2D eigenvalue weighted by atomic mass is 10.00. The number of halogens is 1. The van der Waals surface area contributed by atoms with Crippen LogP contribution in [0.2, 0.25) is 0 Å². The molecular weight excluding hydrogens is 304 g/mol. The van der Waals surface area contributed by atoms with Crippen molar-refractivity contribution in [3.05, 3.63) is 72.4 Å². The molecule has 0 saturated carbocycles. The van der Waals surface area contributed by atoms with Crippen molar-refractivity contribution in [2.24, 2.45) is 0 Å². The molecular formula is C20H19ClN2. The molecule has 0 saturated heterocycles. The van der Waals surface area contributed by atoms with Crippen LogP contribution in [-0.2, 0) is 0 Å². The van der Waals surface area contributed by atoms with Gasteiger partial charge in [-0.25, -0.2) is 4.98 Å². The van der Waals surface area contributed by atoms with Crippen LogP contribution >= 0.6 is 12.4 Å². The van der Waals surface area contributed by atoms with Crippen LogP contribution in [0.4, 0.5) is 0 Å². The average Bonchev–Trinajstić information content (AvgIpc) is 2.62. The summed E-state index contributed by atoms with van der Waals surface area (Å²) < 4.78 is 0. The van der Waals surface area contributed by atoms with Gasteiger partial charge in [-0.15, -0.1) is 12.4 Å². The molecule has 2 nitrogen and oxygen atoms in total. The number of pyridine rings is 1. The van der Waals surface area contributed by atoms with Gasteiger partial charge >= 0.3 is 0 Å². The van der Waals surface area contributed by atoms with Crippen molar-refractivity contribution < 1.29 is 0 Å². The summed E-state index contributed by atoms with van der Waals surface area (Å²) in [6.45, 7) is 1.96. The highest BCUT2D eigenvalue weighted by atomic mass is 35.5. The molecule has 0 bridgehead atoms. The first-order valence-electron chi connectivity index (χ1n) is 7.77. The Morgan fingerprint density at radius 1 is 0.913 bits per heavy atom. The van der Waals surface area contributed by atoms with E-state index >= 15 is 0 Å². The Hall–Kier alpha value is -2.16. The maximum atomic E-state index is 4.99. The summed E-state index contributed by atoms with van der Waals surface area (Å²) in [5, 5.41) is 5.89. The van der Waals surface area contributed by atoms with Crippen LogP contribution in [0, 0.1) is 0 Å². The smallest absolute Gasteiger partial charge is 0.0787 e. The summed E-state index contributed by atoms with van der Waals surface area (Å²) in [6, 6.07) is 21.2. The lowest BCUT2D eigenvalue weighted by Gasteiger charge is -2.16. The maximum Gasteiger partial charge on any atom is 0.0787 e. The maximum absolute atomic E-state index is 4.99. The van der Waals surface area contributed by atoms with E-state index in [1.165, 1.54) is 21.9 Å². The fraction of sp³-hybridized carbons (Fsp3) is 0.150. The number of hydrogen-bond donors (Lipinski definition) is 1. The molecule has 4 rings (SSSR count). The van der Waals surface area contributed by atoms with Crippen LogP contribution in [0.15, 0.2) is 66.7 Å². The molecule has 0 fully saturated rings. The molecule has 0 aliphatic carbocycles. The molecule has 0 atom stereocenters.